The van der Waals surface area contributed by atoms with E-state index in [9.17, 15) is 31.2 Å². The van der Waals surface area contributed by atoms with Crippen LogP contribution in [-0.4, -0.2) is 25.9 Å². The Morgan fingerprint density at radius 3 is 1.32 bits per heavy atom. The summed E-state index contributed by atoms with van der Waals surface area (Å²) < 4.78 is 71.6. The van der Waals surface area contributed by atoms with Gasteiger partial charge in [0, 0.05) is 4.90 Å². The lowest BCUT2D eigenvalue weighted by Gasteiger charge is -2.21. The summed E-state index contributed by atoms with van der Waals surface area (Å²) in [5, 5.41) is 15.4. The second-order valence-electron chi connectivity index (χ2n) is 5.94. The fraction of sp³-hybridized carbons (Fsp3) is 0. The molecule has 0 aliphatic rings. The van der Waals surface area contributed by atoms with E-state index < -0.39 is 28.2 Å². The first-order valence-corrected chi connectivity index (χ1v) is 13.1. The van der Waals surface area contributed by atoms with Crippen molar-refractivity contribution in [1.82, 2.24) is 0 Å². The highest BCUT2D eigenvalue weighted by molar-refractivity contribution is 7.94. The van der Waals surface area contributed by atoms with Gasteiger partial charge >= 0.3 is 0 Å². The lowest BCUT2D eigenvalue weighted by Crippen LogP contribution is -2.21. The van der Waals surface area contributed by atoms with Crippen LogP contribution >= 0.6 is 20.0 Å². The molecule has 9 nitrogen and oxygen atoms in total. The molecule has 0 aliphatic heterocycles. The fourth-order valence-corrected chi connectivity index (χ4v) is 6.20. The molecular formula is C18H12O9PS3-3. The molecule has 0 aliphatic carbocycles. The highest BCUT2D eigenvalue weighted by atomic mass is 32.2. The van der Waals surface area contributed by atoms with Gasteiger partial charge in [0.25, 0.3) is 0 Å². The SMILES string of the molecule is O=S(=O)([O-])c1ccc(P(c2ccc(SOO[O-])cc2)c2ccc(S(=O)(=O)[O-])cc2)cc1. The van der Waals surface area contributed by atoms with Crippen LogP contribution in [0, 0.1) is 0 Å². The predicted molar refractivity (Wildman–Crippen MR) is 109 cm³/mol. The van der Waals surface area contributed by atoms with Crippen LogP contribution in [-0.2, 0) is 29.6 Å². The van der Waals surface area contributed by atoms with Crippen LogP contribution in [0.4, 0.5) is 0 Å². The topological polar surface area (TPSA) is 156 Å². The molecule has 3 aromatic rings. The average molecular weight is 499 g/mol. The summed E-state index contributed by atoms with van der Waals surface area (Å²) in [7, 11) is -10.5. The smallest absolute Gasteiger partial charge is 0.124 e. The Kier molecular flexibility index (Phi) is 7.47. The molecule has 31 heavy (non-hydrogen) atoms. The maximum atomic E-state index is 11.2. The molecule has 0 atom stereocenters. The Balaban J connectivity index is 2.05. The summed E-state index contributed by atoms with van der Waals surface area (Å²) in [5.74, 6) is 0. The normalized spacial score (nSPS) is 12.3. The van der Waals surface area contributed by atoms with E-state index in [0.29, 0.717) is 27.5 Å². The number of hydrogen-bond donors (Lipinski definition) is 0. The van der Waals surface area contributed by atoms with Crippen LogP contribution < -0.4 is 21.2 Å². The van der Waals surface area contributed by atoms with E-state index in [-0.39, 0.29) is 9.79 Å². The van der Waals surface area contributed by atoms with E-state index in [1.807, 2.05) is 0 Å². The molecule has 3 rings (SSSR count). The van der Waals surface area contributed by atoms with E-state index in [2.05, 4.69) is 9.37 Å². The van der Waals surface area contributed by atoms with E-state index in [0.717, 1.165) is 5.30 Å². The second-order valence-corrected chi connectivity index (χ2v) is 11.7. The number of rotatable bonds is 8. The summed E-state index contributed by atoms with van der Waals surface area (Å²) in [6.45, 7) is 0. The van der Waals surface area contributed by atoms with Gasteiger partial charge < -0.3 is 14.4 Å². The third-order valence-electron chi connectivity index (χ3n) is 4.02. The van der Waals surface area contributed by atoms with Gasteiger partial charge in [-0.25, -0.2) is 16.8 Å². The van der Waals surface area contributed by atoms with Crippen molar-refractivity contribution < 1.29 is 40.6 Å². The fourth-order valence-electron chi connectivity index (χ4n) is 2.67. The van der Waals surface area contributed by atoms with Crippen molar-refractivity contribution in [3.8, 4) is 0 Å². The Labute approximate surface area is 184 Å². The monoisotopic (exact) mass is 499 g/mol. The minimum Gasteiger partial charge on any atom is -0.744 e. The van der Waals surface area contributed by atoms with Crippen molar-refractivity contribution in [2.45, 2.75) is 14.7 Å². The molecule has 0 saturated carbocycles. The summed E-state index contributed by atoms with van der Waals surface area (Å²) in [5.41, 5.74) is 0. The van der Waals surface area contributed by atoms with Gasteiger partial charge in [-0.3, -0.25) is 5.04 Å². The molecule has 3 aromatic carbocycles. The maximum absolute atomic E-state index is 11.2. The van der Waals surface area contributed by atoms with E-state index >= 15 is 0 Å². The molecule has 164 valence electrons. The van der Waals surface area contributed by atoms with Crippen LogP contribution in [0.2, 0.25) is 0 Å². The molecule has 0 unspecified atom stereocenters. The van der Waals surface area contributed by atoms with Gasteiger partial charge in [0.05, 0.1) is 21.8 Å². The van der Waals surface area contributed by atoms with Gasteiger partial charge in [0.15, 0.2) is 0 Å². The summed E-state index contributed by atoms with van der Waals surface area (Å²) >= 11 is 0.711. The molecule has 0 saturated heterocycles. The molecular weight excluding hydrogens is 487 g/mol. The Hall–Kier alpha value is -1.86. The van der Waals surface area contributed by atoms with E-state index in [4.69, 9.17) is 0 Å². The summed E-state index contributed by atoms with van der Waals surface area (Å²) in [6, 6.07) is 17.7. The first kappa shape index (κ1) is 23.8. The first-order chi connectivity index (χ1) is 14.6. The maximum Gasteiger partial charge on any atom is 0.124 e. The quantitative estimate of drug-likeness (QED) is 0.140. The standard InChI is InChI=1S/C18H15O9PS3/c19-26-27-29-16-7-1-13(2-8-16)28(14-3-9-17(10-4-14)30(20,21)22)15-5-11-18(12-6-15)31(23,24)25/h1-12,19H,(H,20,21,22)(H,23,24,25)/p-3. The lowest BCUT2D eigenvalue weighted by atomic mass is 10.3. The average Bonchev–Trinajstić information content (AvgIpc) is 2.73. The number of benzene rings is 3. The molecule has 0 aromatic heterocycles. The molecule has 0 fully saturated rings. The summed E-state index contributed by atoms with van der Waals surface area (Å²) in [4.78, 5) is -0.170. The predicted octanol–water partition coefficient (Wildman–Crippen LogP) is 0.484. The third-order valence-corrected chi connectivity index (χ3v) is 8.75. The Morgan fingerprint density at radius 1 is 0.645 bits per heavy atom. The molecule has 0 bridgehead atoms. The van der Waals surface area contributed by atoms with Crippen LogP contribution in [0.15, 0.2) is 87.5 Å². The van der Waals surface area contributed by atoms with Crippen molar-refractivity contribution in [1.29, 1.82) is 0 Å². The zero-order valence-corrected chi connectivity index (χ0v) is 18.6. The van der Waals surface area contributed by atoms with Crippen LogP contribution in [0.5, 0.6) is 0 Å². The van der Waals surface area contributed by atoms with Gasteiger partial charge in [-0.1, -0.05) is 36.4 Å². The molecule has 0 amide bonds. The van der Waals surface area contributed by atoms with Crippen LogP contribution in [0.25, 0.3) is 0 Å². The molecule has 0 spiro atoms. The van der Waals surface area contributed by atoms with E-state index in [1.54, 1.807) is 24.3 Å². The molecule has 0 heterocycles. The van der Waals surface area contributed by atoms with Crippen molar-refractivity contribution in [2.24, 2.45) is 0 Å². The zero-order valence-electron chi connectivity index (χ0n) is 15.3. The highest BCUT2D eigenvalue weighted by Gasteiger charge is 2.18. The minimum atomic E-state index is -4.61. The van der Waals surface area contributed by atoms with Crippen molar-refractivity contribution in [3.05, 3.63) is 72.8 Å². The van der Waals surface area contributed by atoms with Crippen LogP contribution in [0.3, 0.4) is 0 Å². The van der Waals surface area contributed by atoms with Crippen LogP contribution in [0.1, 0.15) is 0 Å². The second kappa shape index (κ2) is 9.74. The first-order valence-electron chi connectivity index (χ1n) is 8.25. The Morgan fingerprint density at radius 2 is 1.00 bits per heavy atom. The molecule has 13 heteroatoms. The Bertz CT molecular complexity index is 1170. The van der Waals surface area contributed by atoms with Gasteiger partial charge in [0.1, 0.15) is 20.2 Å². The zero-order chi connectivity index (χ0) is 22.6. The molecule has 0 radical (unpaired) electrons. The minimum absolute atomic E-state index is 0.375. The third kappa shape index (κ3) is 6.10. The molecule has 0 N–H and O–H groups in total. The van der Waals surface area contributed by atoms with Gasteiger partial charge in [-0.15, -0.1) is 0 Å². The van der Waals surface area contributed by atoms with Gasteiger partial charge in [-0.05, 0) is 60.2 Å². The van der Waals surface area contributed by atoms with Gasteiger partial charge in [0.2, 0.25) is 0 Å². The highest BCUT2D eigenvalue weighted by Crippen LogP contribution is 2.34. The largest absolute Gasteiger partial charge is 0.744 e. The van der Waals surface area contributed by atoms with Crippen molar-refractivity contribution in [2.75, 3.05) is 0 Å². The van der Waals surface area contributed by atoms with Gasteiger partial charge in [-0.2, -0.15) is 4.33 Å². The summed E-state index contributed by atoms with van der Waals surface area (Å²) in [6.07, 6.45) is 0. The van der Waals surface area contributed by atoms with E-state index in [1.165, 1.54) is 48.5 Å². The van der Waals surface area contributed by atoms with Crippen molar-refractivity contribution in [3.63, 3.8) is 0 Å². The van der Waals surface area contributed by atoms with Crippen molar-refractivity contribution >= 4 is 56.1 Å². The lowest BCUT2D eigenvalue weighted by molar-refractivity contribution is -0.777. The number of hydrogen-bond acceptors (Lipinski definition) is 10.